The van der Waals surface area contributed by atoms with E-state index in [4.69, 9.17) is 14.0 Å². The SMILES string of the molecule is CCCCC[N+](CCCCC)(CCCCC)C(CCCC)c1c(OB(Oc2cc(C(F)(F)F)cc(C(F)(F)F)c2)Oc2cc(C(F)(F)F)cc(C(F)(F)F)c2)cc(C(F)(F)F)cc1C(F)(F)F. The van der Waals surface area contributed by atoms with Crippen molar-refractivity contribution in [2.45, 2.75) is 148 Å². The molecule has 378 valence electrons. The zero-order chi connectivity index (χ0) is 50.8. The molecular weight excluding hydrogens is 943 g/mol. The second kappa shape index (κ2) is 23.0. The standard InChI is InChI=1S/C44H51BF18NO3/c1-5-9-13-17-64(18-14-10-6-2,19-15-11-7-3)36(16-12-8-4)38-35(44(61,62)63)26-32(43(58,59)60)27-37(38)67-45(65-33-22-28(39(46,47)48)20-29(23-33)40(49,50)51)66-34-24-30(41(52,53)54)21-31(25-34)42(55,56)57/h20-27,36H,5-19H2,1-4H3/q+1. The lowest BCUT2D eigenvalue weighted by atomic mass is 9.88. The van der Waals surface area contributed by atoms with Crippen LogP contribution in [0.5, 0.6) is 17.2 Å². The molecule has 3 aromatic rings. The van der Waals surface area contributed by atoms with Gasteiger partial charge in [0.2, 0.25) is 0 Å². The highest BCUT2D eigenvalue weighted by Gasteiger charge is 2.49. The molecule has 0 spiro atoms. The summed E-state index contributed by atoms with van der Waals surface area (Å²) < 4.78 is 274. The first-order valence-corrected chi connectivity index (χ1v) is 21.6. The fourth-order valence-electron chi connectivity index (χ4n) is 7.78. The zero-order valence-electron chi connectivity index (χ0n) is 36.9. The lowest BCUT2D eigenvalue weighted by Gasteiger charge is -2.47. The van der Waals surface area contributed by atoms with E-state index in [1.54, 1.807) is 6.92 Å². The van der Waals surface area contributed by atoms with Gasteiger partial charge in [-0.05, 0) is 93.5 Å². The second-order valence-corrected chi connectivity index (χ2v) is 16.2. The molecule has 0 saturated carbocycles. The van der Waals surface area contributed by atoms with Crippen LogP contribution in [0.3, 0.4) is 0 Å². The van der Waals surface area contributed by atoms with Crippen molar-refractivity contribution >= 4 is 7.32 Å². The number of rotatable bonds is 23. The Morgan fingerprint density at radius 3 is 1.03 bits per heavy atom. The van der Waals surface area contributed by atoms with Crippen molar-refractivity contribution in [2.75, 3.05) is 19.6 Å². The van der Waals surface area contributed by atoms with Crippen LogP contribution in [0.15, 0.2) is 48.5 Å². The summed E-state index contributed by atoms with van der Waals surface area (Å²) in [4.78, 5) is 0. The average Bonchev–Trinajstić information content (AvgIpc) is 3.19. The number of halogens is 18. The summed E-state index contributed by atoms with van der Waals surface area (Å²) in [5, 5.41) is 0. The predicted molar refractivity (Wildman–Crippen MR) is 213 cm³/mol. The van der Waals surface area contributed by atoms with Gasteiger partial charge in [0.1, 0.15) is 23.3 Å². The van der Waals surface area contributed by atoms with Gasteiger partial charge in [0.25, 0.3) is 0 Å². The van der Waals surface area contributed by atoms with E-state index in [2.05, 4.69) is 0 Å². The molecule has 23 heteroatoms. The van der Waals surface area contributed by atoms with Gasteiger partial charge in [0.05, 0.1) is 58.6 Å². The van der Waals surface area contributed by atoms with E-state index in [0.29, 0.717) is 64.2 Å². The Kier molecular flexibility index (Phi) is 19.6. The van der Waals surface area contributed by atoms with Crippen LogP contribution in [0.25, 0.3) is 0 Å². The molecular formula is C44H51BF18NO3+. The molecule has 67 heavy (non-hydrogen) atoms. The van der Waals surface area contributed by atoms with E-state index >= 15 is 13.2 Å². The molecule has 3 rings (SSSR count). The number of benzene rings is 3. The van der Waals surface area contributed by atoms with Gasteiger partial charge in [-0.2, -0.15) is 79.0 Å². The van der Waals surface area contributed by atoms with Gasteiger partial charge in [0, 0.05) is 6.42 Å². The van der Waals surface area contributed by atoms with E-state index < -0.39 is 119 Å². The van der Waals surface area contributed by atoms with E-state index in [0.717, 1.165) is 0 Å². The number of hydrogen-bond acceptors (Lipinski definition) is 3. The van der Waals surface area contributed by atoms with Crippen molar-refractivity contribution in [1.82, 2.24) is 0 Å². The van der Waals surface area contributed by atoms with Crippen molar-refractivity contribution in [2.24, 2.45) is 0 Å². The minimum absolute atomic E-state index is 0.0443. The van der Waals surface area contributed by atoms with E-state index in [-0.39, 0.29) is 73.4 Å². The number of alkyl halides is 18. The van der Waals surface area contributed by atoms with Crippen LogP contribution in [0, 0.1) is 0 Å². The molecule has 0 heterocycles. The smallest absolute Gasteiger partial charge is 0.490 e. The first-order chi connectivity index (χ1) is 30.8. The summed E-state index contributed by atoms with van der Waals surface area (Å²) in [6.45, 7) is 7.77. The molecule has 1 unspecified atom stereocenters. The van der Waals surface area contributed by atoms with Gasteiger partial charge in [-0.3, -0.25) is 0 Å². The number of nitrogens with zero attached hydrogens (tertiary/aromatic N) is 1. The summed E-state index contributed by atoms with van der Waals surface area (Å²) in [5.41, 5.74) is -13.3. The summed E-state index contributed by atoms with van der Waals surface area (Å²) in [6.07, 6.45) is -28.4. The normalized spacial score (nSPS) is 13.8. The third kappa shape index (κ3) is 16.5. The highest BCUT2D eigenvalue weighted by atomic mass is 19.4. The predicted octanol–water partition coefficient (Wildman–Crippen LogP) is 16.9. The molecule has 0 fully saturated rings. The average molecular weight is 995 g/mol. The minimum atomic E-state index is -5.65. The summed E-state index contributed by atoms with van der Waals surface area (Å²) >= 11 is 0. The fourth-order valence-corrected chi connectivity index (χ4v) is 7.78. The first-order valence-electron chi connectivity index (χ1n) is 21.6. The molecule has 0 radical (unpaired) electrons. The van der Waals surface area contributed by atoms with Crippen LogP contribution >= 0.6 is 0 Å². The molecule has 0 aliphatic rings. The lowest BCUT2D eigenvalue weighted by molar-refractivity contribution is -0.958. The van der Waals surface area contributed by atoms with Crippen LogP contribution in [0.1, 0.15) is 150 Å². The van der Waals surface area contributed by atoms with Crippen LogP contribution in [0.4, 0.5) is 79.0 Å². The van der Waals surface area contributed by atoms with Crippen molar-refractivity contribution < 1.29 is 97.5 Å². The van der Waals surface area contributed by atoms with Gasteiger partial charge in [-0.25, -0.2) is 0 Å². The molecule has 0 aliphatic heterocycles. The molecule has 0 saturated heterocycles. The number of unbranched alkanes of at least 4 members (excludes halogenated alkanes) is 7. The Morgan fingerprint density at radius 1 is 0.403 bits per heavy atom. The third-order valence-corrected chi connectivity index (χ3v) is 11.0. The summed E-state index contributed by atoms with van der Waals surface area (Å²) in [5.74, 6) is -4.54. The Labute approximate surface area is 376 Å². The van der Waals surface area contributed by atoms with Gasteiger partial charge in [-0.15, -0.1) is 0 Å². The monoisotopic (exact) mass is 994 g/mol. The molecule has 3 aromatic carbocycles. The molecule has 0 N–H and O–H groups in total. The van der Waals surface area contributed by atoms with Crippen molar-refractivity contribution in [1.29, 1.82) is 0 Å². The Hall–Kier alpha value is -4.18. The van der Waals surface area contributed by atoms with E-state index in [9.17, 15) is 65.9 Å². The summed E-state index contributed by atoms with van der Waals surface area (Å²) in [7, 11) is -3.27. The Balaban J connectivity index is 2.61. The molecule has 0 bridgehead atoms. The van der Waals surface area contributed by atoms with Gasteiger partial charge in [-0.1, -0.05) is 53.4 Å². The van der Waals surface area contributed by atoms with Crippen LogP contribution in [-0.4, -0.2) is 31.4 Å². The molecule has 1 atom stereocenters. The van der Waals surface area contributed by atoms with Crippen molar-refractivity contribution in [3.63, 3.8) is 0 Å². The minimum Gasteiger partial charge on any atom is -0.490 e. The maximum absolute atomic E-state index is 15.5. The van der Waals surface area contributed by atoms with Crippen LogP contribution < -0.4 is 14.0 Å². The first kappa shape index (κ1) is 57.1. The largest absolute Gasteiger partial charge is 0.864 e. The quantitative estimate of drug-likeness (QED) is 0.0410. The van der Waals surface area contributed by atoms with Gasteiger partial charge in [0.15, 0.2) is 0 Å². The topological polar surface area (TPSA) is 27.7 Å². The summed E-state index contributed by atoms with van der Waals surface area (Å²) in [6, 6.07) is -2.86. The van der Waals surface area contributed by atoms with Crippen molar-refractivity contribution in [3.05, 3.63) is 87.5 Å². The maximum Gasteiger partial charge on any atom is 0.864 e. The number of hydrogen-bond donors (Lipinski definition) is 0. The highest BCUT2D eigenvalue weighted by molar-refractivity contribution is 6.39. The molecule has 0 aliphatic carbocycles. The van der Waals surface area contributed by atoms with Gasteiger partial charge < -0.3 is 18.4 Å². The Morgan fingerprint density at radius 2 is 0.731 bits per heavy atom. The van der Waals surface area contributed by atoms with Gasteiger partial charge >= 0.3 is 44.4 Å². The molecule has 4 nitrogen and oxygen atoms in total. The Bertz CT molecular complexity index is 1860. The molecule has 0 aromatic heterocycles. The lowest BCUT2D eigenvalue weighted by Crippen LogP contribution is -2.53. The fraction of sp³-hybridized carbons (Fsp3) is 0.591. The molecule has 0 amide bonds. The highest BCUT2D eigenvalue weighted by Crippen LogP contribution is 2.50. The van der Waals surface area contributed by atoms with E-state index in [1.165, 1.54) is 0 Å². The third-order valence-electron chi connectivity index (χ3n) is 11.0. The van der Waals surface area contributed by atoms with Crippen LogP contribution in [-0.2, 0) is 37.1 Å². The van der Waals surface area contributed by atoms with Crippen LogP contribution in [0.2, 0.25) is 0 Å². The second-order valence-electron chi connectivity index (χ2n) is 16.2. The maximum atomic E-state index is 15.5. The number of quaternary nitrogens is 1. The van der Waals surface area contributed by atoms with Crippen molar-refractivity contribution in [3.8, 4) is 17.2 Å². The zero-order valence-corrected chi connectivity index (χ0v) is 36.9. The van der Waals surface area contributed by atoms with E-state index in [1.807, 2.05) is 20.8 Å².